The Morgan fingerprint density at radius 1 is 1.11 bits per heavy atom. The highest BCUT2D eigenvalue weighted by Gasteiger charge is 2.07. The Kier molecular flexibility index (Phi) is 4.01. The maximum absolute atomic E-state index is 13.0. The van der Waals surface area contributed by atoms with Crippen LogP contribution < -0.4 is 14.8 Å². The van der Waals surface area contributed by atoms with Gasteiger partial charge in [-0.3, -0.25) is 0 Å². The van der Waals surface area contributed by atoms with E-state index in [0.29, 0.717) is 17.4 Å². The van der Waals surface area contributed by atoms with E-state index in [2.05, 4.69) is 15.3 Å². The molecule has 0 bridgehead atoms. The van der Waals surface area contributed by atoms with E-state index in [9.17, 15) is 4.39 Å². The lowest BCUT2D eigenvalue weighted by Crippen LogP contribution is -2.01. The largest absolute Gasteiger partial charge is 0.481 e. The number of rotatable bonds is 4. The van der Waals surface area contributed by atoms with Crippen molar-refractivity contribution in [2.45, 2.75) is 0 Å². The fraction of sp³-hybridized carbons (Fsp3) is 0.167. The van der Waals surface area contributed by atoms with Crippen molar-refractivity contribution in [3.63, 3.8) is 0 Å². The first-order chi connectivity index (χ1) is 9.12. The molecule has 0 atom stereocenters. The number of aromatic nitrogens is 2. The number of benzene rings is 1. The minimum atomic E-state index is -0.489. The summed E-state index contributed by atoms with van der Waals surface area (Å²) in [6.45, 7) is 0. The van der Waals surface area contributed by atoms with E-state index >= 15 is 0 Å². The number of halogens is 2. The van der Waals surface area contributed by atoms with Gasteiger partial charge in [-0.2, -0.15) is 9.97 Å². The SMILES string of the molecule is COc1cc(OC)nc(Nc2ccc(F)c(Cl)c2)n1. The lowest BCUT2D eigenvalue weighted by atomic mass is 10.3. The fourth-order valence-electron chi connectivity index (χ4n) is 1.37. The number of nitrogens with zero attached hydrogens (tertiary/aromatic N) is 2. The zero-order valence-corrected chi connectivity index (χ0v) is 11.0. The molecule has 19 heavy (non-hydrogen) atoms. The van der Waals surface area contributed by atoms with Crippen molar-refractivity contribution in [2.24, 2.45) is 0 Å². The zero-order valence-electron chi connectivity index (χ0n) is 10.3. The van der Waals surface area contributed by atoms with Crippen molar-refractivity contribution in [3.8, 4) is 11.8 Å². The third kappa shape index (κ3) is 3.23. The molecule has 0 saturated carbocycles. The summed E-state index contributed by atoms with van der Waals surface area (Å²) >= 11 is 5.69. The smallest absolute Gasteiger partial charge is 0.233 e. The Balaban J connectivity index is 2.29. The third-order valence-corrected chi connectivity index (χ3v) is 2.56. The number of hydrogen-bond acceptors (Lipinski definition) is 5. The summed E-state index contributed by atoms with van der Waals surface area (Å²) in [5, 5.41) is 2.90. The van der Waals surface area contributed by atoms with Crippen LogP contribution in [0.5, 0.6) is 11.8 Å². The normalized spacial score (nSPS) is 10.1. The Morgan fingerprint density at radius 2 is 1.74 bits per heavy atom. The van der Waals surface area contributed by atoms with Crippen LogP contribution in [0.3, 0.4) is 0 Å². The molecule has 0 saturated heterocycles. The number of methoxy groups -OCH3 is 2. The molecular weight excluding hydrogens is 273 g/mol. The molecule has 0 radical (unpaired) electrons. The molecule has 1 aromatic heterocycles. The van der Waals surface area contributed by atoms with E-state index in [4.69, 9.17) is 21.1 Å². The summed E-state index contributed by atoms with van der Waals surface area (Å²) < 4.78 is 23.1. The van der Waals surface area contributed by atoms with Gasteiger partial charge >= 0.3 is 0 Å². The summed E-state index contributed by atoms with van der Waals surface area (Å²) in [5.74, 6) is 0.473. The molecule has 0 unspecified atom stereocenters. The standard InChI is InChI=1S/C12H11ClFN3O2/c1-18-10-6-11(19-2)17-12(16-10)15-7-3-4-9(14)8(13)5-7/h3-6H,1-2H3,(H,15,16,17). The van der Waals surface area contributed by atoms with Gasteiger partial charge in [-0.05, 0) is 18.2 Å². The summed E-state index contributed by atoms with van der Waals surface area (Å²) in [4.78, 5) is 8.17. The summed E-state index contributed by atoms with van der Waals surface area (Å²) in [6, 6.07) is 5.76. The number of nitrogens with one attached hydrogen (secondary N) is 1. The van der Waals surface area contributed by atoms with Gasteiger partial charge in [0.25, 0.3) is 0 Å². The molecule has 1 N–H and O–H groups in total. The van der Waals surface area contributed by atoms with Crippen LogP contribution in [-0.2, 0) is 0 Å². The average molecular weight is 284 g/mol. The van der Waals surface area contributed by atoms with E-state index in [1.165, 1.54) is 32.4 Å². The van der Waals surface area contributed by atoms with Crippen LogP contribution in [0.1, 0.15) is 0 Å². The van der Waals surface area contributed by atoms with Crippen LogP contribution in [0, 0.1) is 5.82 Å². The molecule has 0 spiro atoms. The highest BCUT2D eigenvalue weighted by atomic mass is 35.5. The van der Waals surface area contributed by atoms with Crippen molar-refractivity contribution in [1.29, 1.82) is 0 Å². The predicted molar refractivity (Wildman–Crippen MR) is 69.8 cm³/mol. The lowest BCUT2D eigenvalue weighted by molar-refractivity contribution is 0.373. The Hall–Kier alpha value is -2.08. The van der Waals surface area contributed by atoms with E-state index in [1.54, 1.807) is 6.07 Å². The molecule has 7 heteroatoms. The number of anilines is 2. The second kappa shape index (κ2) is 5.71. The summed E-state index contributed by atoms with van der Waals surface area (Å²) in [5.41, 5.74) is 0.557. The Morgan fingerprint density at radius 3 is 2.26 bits per heavy atom. The molecule has 0 aliphatic heterocycles. The van der Waals surface area contributed by atoms with Gasteiger partial charge in [0.1, 0.15) is 5.82 Å². The van der Waals surface area contributed by atoms with Crippen LogP contribution >= 0.6 is 11.6 Å². The Bertz CT molecular complexity index is 573. The van der Waals surface area contributed by atoms with Crippen LogP contribution in [0.2, 0.25) is 5.02 Å². The van der Waals surface area contributed by atoms with Gasteiger partial charge in [0.15, 0.2) is 0 Å². The molecule has 2 rings (SSSR count). The molecule has 100 valence electrons. The van der Waals surface area contributed by atoms with Crippen molar-refractivity contribution in [2.75, 3.05) is 19.5 Å². The van der Waals surface area contributed by atoms with Gasteiger partial charge in [0.2, 0.25) is 17.7 Å². The lowest BCUT2D eigenvalue weighted by Gasteiger charge is -2.08. The van der Waals surface area contributed by atoms with E-state index in [1.807, 2.05) is 0 Å². The van der Waals surface area contributed by atoms with Crippen LogP contribution in [0.4, 0.5) is 16.0 Å². The molecule has 5 nitrogen and oxygen atoms in total. The van der Waals surface area contributed by atoms with Gasteiger partial charge in [0.05, 0.1) is 25.3 Å². The fourth-order valence-corrected chi connectivity index (χ4v) is 1.55. The molecule has 0 amide bonds. The average Bonchev–Trinajstić information content (AvgIpc) is 2.42. The van der Waals surface area contributed by atoms with Gasteiger partial charge in [-0.15, -0.1) is 0 Å². The minimum Gasteiger partial charge on any atom is -0.481 e. The highest BCUT2D eigenvalue weighted by Crippen LogP contribution is 2.23. The molecule has 0 fully saturated rings. The second-order valence-corrected chi connectivity index (χ2v) is 3.94. The Labute approximate surface area is 114 Å². The van der Waals surface area contributed by atoms with Crippen LogP contribution in [-0.4, -0.2) is 24.2 Å². The molecule has 2 aromatic rings. The molecule has 0 aliphatic carbocycles. The molecule has 1 aromatic carbocycles. The number of hydrogen-bond donors (Lipinski definition) is 1. The van der Waals surface area contributed by atoms with Crippen molar-refractivity contribution in [1.82, 2.24) is 9.97 Å². The molecule has 1 heterocycles. The second-order valence-electron chi connectivity index (χ2n) is 3.53. The van der Waals surface area contributed by atoms with Gasteiger partial charge in [0, 0.05) is 5.69 Å². The van der Waals surface area contributed by atoms with E-state index in [-0.39, 0.29) is 11.0 Å². The van der Waals surface area contributed by atoms with Gasteiger partial charge in [-0.25, -0.2) is 4.39 Å². The zero-order chi connectivity index (χ0) is 13.8. The third-order valence-electron chi connectivity index (χ3n) is 2.27. The predicted octanol–water partition coefficient (Wildman–Crippen LogP) is 3.03. The minimum absolute atomic E-state index is 0.0138. The highest BCUT2D eigenvalue weighted by molar-refractivity contribution is 6.31. The van der Waals surface area contributed by atoms with Crippen molar-refractivity contribution < 1.29 is 13.9 Å². The van der Waals surface area contributed by atoms with Crippen LogP contribution in [0.15, 0.2) is 24.3 Å². The van der Waals surface area contributed by atoms with Gasteiger partial charge in [-0.1, -0.05) is 11.6 Å². The maximum Gasteiger partial charge on any atom is 0.233 e. The molecular formula is C12H11ClFN3O2. The first kappa shape index (κ1) is 13.4. The maximum atomic E-state index is 13.0. The number of ether oxygens (including phenoxy) is 2. The summed E-state index contributed by atoms with van der Waals surface area (Å²) in [7, 11) is 2.97. The van der Waals surface area contributed by atoms with Crippen molar-refractivity contribution in [3.05, 3.63) is 35.1 Å². The van der Waals surface area contributed by atoms with Crippen molar-refractivity contribution >= 4 is 23.2 Å². The monoisotopic (exact) mass is 283 g/mol. The van der Waals surface area contributed by atoms with E-state index in [0.717, 1.165) is 0 Å². The topological polar surface area (TPSA) is 56.3 Å². The van der Waals surface area contributed by atoms with E-state index < -0.39 is 5.82 Å². The first-order valence-electron chi connectivity index (χ1n) is 5.31. The quantitative estimate of drug-likeness (QED) is 0.935. The first-order valence-corrected chi connectivity index (χ1v) is 5.69. The van der Waals surface area contributed by atoms with Gasteiger partial charge < -0.3 is 14.8 Å². The molecule has 0 aliphatic rings. The summed E-state index contributed by atoms with van der Waals surface area (Å²) in [6.07, 6.45) is 0. The van der Waals surface area contributed by atoms with Crippen LogP contribution in [0.25, 0.3) is 0 Å².